The standard InChI is InChI=1S/C13H17NO3S/c15-18(16)8-2-4-11(9-18)17-12-5-1-3-10-6-7-14-13(10)12/h1,3,5,11,14H,2,4,6-9H2. The molecule has 1 saturated heterocycles. The highest BCUT2D eigenvalue weighted by atomic mass is 32.2. The highest BCUT2D eigenvalue weighted by Crippen LogP contribution is 2.34. The third-order valence-electron chi connectivity index (χ3n) is 3.52. The van der Waals surface area contributed by atoms with Crippen LogP contribution in [0, 0.1) is 0 Å². The molecule has 1 atom stereocenters. The van der Waals surface area contributed by atoms with Gasteiger partial charge in [0, 0.05) is 6.54 Å². The van der Waals surface area contributed by atoms with Gasteiger partial charge in [0.15, 0.2) is 9.84 Å². The van der Waals surface area contributed by atoms with Crippen molar-refractivity contribution in [3.63, 3.8) is 0 Å². The molecule has 98 valence electrons. The number of benzene rings is 1. The molecule has 0 bridgehead atoms. The van der Waals surface area contributed by atoms with Crippen LogP contribution >= 0.6 is 0 Å². The van der Waals surface area contributed by atoms with Crippen LogP contribution in [0.25, 0.3) is 0 Å². The van der Waals surface area contributed by atoms with Crippen LogP contribution in [-0.2, 0) is 16.3 Å². The lowest BCUT2D eigenvalue weighted by Crippen LogP contribution is -2.33. The van der Waals surface area contributed by atoms with E-state index in [0.717, 1.165) is 30.8 Å². The number of nitrogens with one attached hydrogen (secondary N) is 1. The summed E-state index contributed by atoms with van der Waals surface area (Å²) in [6.07, 6.45) is 2.34. The first kappa shape index (κ1) is 11.8. The van der Waals surface area contributed by atoms with Crippen molar-refractivity contribution in [2.75, 3.05) is 23.4 Å². The summed E-state index contributed by atoms with van der Waals surface area (Å²) in [6, 6.07) is 5.97. The zero-order valence-electron chi connectivity index (χ0n) is 10.2. The molecule has 18 heavy (non-hydrogen) atoms. The number of fused-ring (bicyclic) bond motifs is 1. The molecule has 1 aromatic carbocycles. The van der Waals surface area contributed by atoms with Crippen molar-refractivity contribution in [3.8, 4) is 5.75 Å². The fraction of sp³-hybridized carbons (Fsp3) is 0.538. The molecule has 0 saturated carbocycles. The Morgan fingerprint density at radius 1 is 1.33 bits per heavy atom. The van der Waals surface area contributed by atoms with E-state index in [9.17, 15) is 8.42 Å². The molecule has 1 aromatic rings. The molecule has 0 aliphatic carbocycles. The van der Waals surface area contributed by atoms with Gasteiger partial charge in [0.1, 0.15) is 11.9 Å². The Morgan fingerprint density at radius 2 is 2.22 bits per heavy atom. The Labute approximate surface area is 107 Å². The van der Waals surface area contributed by atoms with Crippen molar-refractivity contribution < 1.29 is 13.2 Å². The van der Waals surface area contributed by atoms with Gasteiger partial charge in [-0.1, -0.05) is 12.1 Å². The smallest absolute Gasteiger partial charge is 0.153 e. The largest absolute Gasteiger partial charge is 0.487 e. The van der Waals surface area contributed by atoms with Crippen LogP contribution in [0.1, 0.15) is 18.4 Å². The maximum atomic E-state index is 11.6. The minimum absolute atomic E-state index is 0.149. The van der Waals surface area contributed by atoms with E-state index < -0.39 is 9.84 Å². The van der Waals surface area contributed by atoms with Crippen LogP contribution in [0.5, 0.6) is 5.75 Å². The van der Waals surface area contributed by atoms with Crippen molar-refractivity contribution in [1.29, 1.82) is 0 Å². The minimum Gasteiger partial charge on any atom is -0.487 e. The average Bonchev–Trinajstić information content (AvgIpc) is 2.77. The van der Waals surface area contributed by atoms with Crippen molar-refractivity contribution in [2.45, 2.75) is 25.4 Å². The zero-order valence-corrected chi connectivity index (χ0v) is 11.0. The molecule has 1 fully saturated rings. The van der Waals surface area contributed by atoms with Crippen LogP contribution in [0.15, 0.2) is 18.2 Å². The maximum absolute atomic E-state index is 11.6. The SMILES string of the molecule is O=S1(=O)CCCC(Oc2cccc3c2NCC3)C1. The van der Waals surface area contributed by atoms with Crippen molar-refractivity contribution in [1.82, 2.24) is 0 Å². The van der Waals surface area contributed by atoms with Gasteiger partial charge in [-0.15, -0.1) is 0 Å². The van der Waals surface area contributed by atoms with E-state index in [1.54, 1.807) is 0 Å². The minimum atomic E-state index is -2.91. The Kier molecular flexibility index (Phi) is 2.93. The van der Waals surface area contributed by atoms with Crippen LogP contribution in [0.3, 0.4) is 0 Å². The molecule has 2 heterocycles. The monoisotopic (exact) mass is 267 g/mol. The summed E-state index contributed by atoms with van der Waals surface area (Å²) in [5.74, 6) is 1.25. The Bertz CT molecular complexity index is 553. The van der Waals surface area contributed by atoms with E-state index in [2.05, 4.69) is 11.4 Å². The molecule has 1 N–H and O–H groups in total. The van der Waals surface area contributed by atoms with Gasteiger partial charge in [-0.3, -0.25) is 0 Å². The van der Waals surface area contributed by atoms with Gasteiger partial charge < -0.3 is 10.1 Å². The first-order valence-electron chi connectivity index (χ1n) is 6.37. The predicted molar refractivity (Wildman–Crippen MR) is 70.9 cm³/mol. The van der Waals surface area contributed by atoms with Crippen molar-refractivity contribution in [3.05, 3.63) is 23.8 Å². The molecule has 2 aliphatic heterocycles. The number of para-hydroxylation sites is 1. The first-order valence-corrected chi connectivity index (χ1v) is 8.19. The molecule has 4 nitrogen and oxygen atoms in total. The zero-order chi connectivity index (χ0) is 12.6. The van der Waals surface area contributed by atoms with E-state index >= 15 is 0 Å². The summed E-state index contributed by atoms with van der Waals surface area (Å²) in [5, 5.41) is 3.30. The second-order valence-corrected chi connectivity index (χ2v) is 7.19. The number of hydrogen-bond donors (Lipinski definition) is 1. The van der Waals surface area contributed by atoms with Gasteiger partial charge in [-0.05, 0) is 30.9 Å². The lowest BCUT2D eigenvalue weighted by atomic mass is 10.1. The summed E-state index contributed by atoms with van der Waals surface area (Å²) >= 11 is 0. The van der Waals surface area contributed by atoms with Gasteiger partial charge in [-0.25, -0.2) is 8.42 Å². The molecular weight excluding hydrogens is 250 g/mol. The second-order valence-electron chi connectivity index (χ2n) is 4.96. The topological polar surface area (TPSA) is 55.4 Å². The van der Waals surface area contributed by atoms with Crippen LogP contribution in [0.2, 0.25) is 0 Å². The normalized spacial score (nSPS) is 25.2. The van der Waals surface area contributed by atoms with E-state index in [0.29, 0.717) is 12.2 Å². The Balaban J connectivity index is 1.79. The maximum Gasteiger partial charge on any atom is 0.153 e. The lowest BCUT2D eigenvalue weighted by molar-refractivity contribution is 0.208. The molecule has 0 spiro atoms. The number of rotatable bonds is 2. The summed E-state index contributed by atoms with van der Waals surface area (Å²) in [4.78, 5) is 0. The van der Waals surface area contributed by atoms with Gasteiger partial charge in [-0.2, -0.15) is 0 Å². The molecule has 2 aliphatic rings. The number of anilines is 1. The van der Waals surface area contributed by atoms with Crippen LogP contribution in [-0.4, -0.2) is 32.6 Å². The summed E-state index contributed by atoms with van der Waals surface area (Å²) in [5.41, 5.74) is 2.30. The predicted octanol–water partition coefficient (Wildman–Crippen LogP) is 1.61. The highest BCUT2D eigenvalue weighted by Gasteiger charge is 2.27. The third-order valence-corrected chi connectivity index (χ3v) is 5.31. The molecule has 1 unspecified atom stereocenters. The van der Waals surface area contributed by atoms with Gasteiger partial charge in [0.2, 0.25) is 0 Å². The van der Waals surface area contributed by atoms with Crippen molar-refractivity contribution >= 4 is 15.5 Å². The second kappa shape index (κ2) is 4.46. The molecular formula is C13H17NO3S. The van der Waals surface area contributed by atoms with E-state index in [-0.39, 0.29) is 11.9 Å². The molecule has 0 radical (unpaired) electrons. The summed E-state index contributed by atoms with van der Waals surface area (Å²) in [6.45, 7) is 0.929. The molecule has 0 aromatic heterocycles. The Morgan fingerprint density at radius 3 is 3.06 bits per heavy atom. The first-order chi connectivity index (χ1) is 8.64. The van der Waals surface area contributed by atoms with Gasteiger partial charge >= 0.3 is 0 Å². The molecule has 5 heteroatoms. The lowest BCUT2D eigenvalue weighted by Gasteiger charge is -2.24. The van der Waals surface area contributed by atoms with Gasteiger partial charge in [0.25, 0.3) is 0 Å². The number of ether oxygens (including phenoxy) is 1. The molecule has 0 amide bonds. The average molecular weight is 267 g/mol. The third kappa shape index (κ3) is 2.32. The van der Waals surface area contributed by atoms with Crippen LogP contribution < -0.4 is 10.1 Å². The van der Waals surface area contributed by atoms with Crippen molar-refractivity contribution in [2.24, 2.45) is 0 Å². The fourth-order valence-corrected chi connectivity index (χ4v) is 4.23. The van der Waals surface area contributed by atoms with E-state index in [1.807, 2.05) is 12.1 Å². The number of sulfone groups is 1. The fourth-order valence-electron chi connectivity index (χ4n) is 2.66. The highest BCUT2D eigenvalue weighted by molar-refractivity contribution is 7.91. The number of hydrogen-bond acceptors (Lipinski definition) is 4. The molecule has 3 rings (SSSR count). The quantitative estimate of drug-likeness (QED) is 0.884. The van der Waals surface area contributed by atoms with Crippen LogP contribution in [0.4, 0.5) is 5.69 Å². The summed E-state index contributed by atoms with van der Waals surface area (Å²) < 4.78 is 29.1. The summed E-state index contributed by atoms with van der Waals surface area (Å²) in [7, 11) is -2.91. The van der Waals surface area contributed by atoms with E-state index in [4.69, 9.17) is 4.74 Å². The van der Waals surface area contributed by atoms with E-state index in [1.165, 1.54) is 5.56 Å². The van der Waals surface area contributed by atoms with Gasteiger partial charge in [0.05, 0.1) is 17.2 Å². The Hall–Kier alpha value is -1.23.